The van der Waals surface area contributed by atoms with Crippen LogP contribution in [0.1, 0.15) is 22.8 Å². The molecule has 0 radical (unpaired) electrons. The first-order valence-corrected chi connectivity index (χ1v) is 13.3. The van der Waals surface area contributed by atoms with E-state index >= 15 is 0 Å². The Balaban J connectivity index is 0.00000420. The van der Waals surface area contributed by atoms with Crippen LogP contribution in [0.15, 0.2) is 75.8 Å². The second-order valence-corrected chi connectivity index (χ2v) is 10.2. The Morgan fingerprint density at radius 1 is 1.05 bits per heavy atom. The Morgan fingerprint density at radius 3 is 2.44 bits per heavy atom. The van der Waals surface area contributed by atoms with E-state index in [0.29, 0.717) is 10.8 Å². The summed E-state index contributed by atoms with van der Waals surface area (Å²) < 4.78 is 38.2. The van der Waals surface area contributed by atoms with E-state index in [9.17, 15) is 22.9 Å². The molecular formula is C26H20Cl2N3NaO6S. The normalized spacial score (nSPS) is 11.4. The first kappa shape index (κ1) is 30.8. The molecule has 2 N–H and O–H groups in total. The van der Waals surface area contributed by atoms with Gasteiger partial charge in [-0.2, -0.15) is 18.6 Å². The fraction of sp³-hybridized carbons (Fsp3) is 0.115. The van der Waals surface area contributed by atoms with Gasteiger partial charge in [-0.1, -0.05) is 66.2 Å². The van der Waals surface area contributed by atoms with Crippen molar-refractivity contribution in [3.63, 3.8) is 0 Å². The molecule has 4 aromatic carbocycles. The van der Waals surface area contributed by atoms with E-state index in [-0.39, 0.29) is 80.0 Å². The zero-order chi connectivity index (χ0) is 27.6. The van der Waals surface area contributed by atoms with Gasteiger partial charge in [0.25, 0.3) is 16.0 Å². The summed E-state index contributed by atoms with van der Waals surface area (Å²) >= 11 is 12.2. The summed E-state index contributed by atoms with van der Waals surface area (Å²) in [5.74, 6) is -1.14. The molecule has 4 rings (SSSR count). The maximum Gasteiger partial charge on any atom is 1.00 e. The molecule has 39 heavy (non-hydrogen) atoms. The van der Waals surface area contributed by atoms with E-state index in [2.05, 4.69) is 15.5 Å². The van der Waals surface area contributed by atoms with Crippen molar-refractivity contribution in [3.8, 4) is 11.5 Å². The van der Waals surface area contributed by atoms with Gasteiger partial charge in [-0.15, -0.1) is 0 Å². The minimum absolute atomic E-state index is 0. The molecule has 0 atom stereocenters. The molecule has 4 aromatic rings. The minimum Gasteiger partial charge on any atom is -0.870 e. The van der Waals surface area contributed by atoms with Gasteiger partial charge in [0.15, 0.2) is 5.75 Å². The molecule has 0 aliphatic heterocycles. The average molecular weight is 596 g/mol. The van der Waals surface area contributed by atoms with Crippen LogP contribution >= 0.6 is 23.2 Å². The number of fused-ring (bicyclic) bond motifs is 1. The van der Waals surface area contributed by atoms with Gasteiger partial charge in [0.1, 0.15) is 4.90 Å². The van der Waals surface area contributed by atoms with Crippen molar-refractivity contribution in [2.75, 3.05) is 12.4 Å². The first-order chi connectivity index (χ1) is 18.0. The van der Waals surface area contributed by atoms with Gasteiger partial charge in [-0.3, -0.25) is 9.35 Å². The maximum absolute atomic E-state index is 13.4. The Hall–Kier alpha value is -2.70. The molecule has 0 spiro atoms. The van der Waals surface area contributed by atoms with Crippen LogP contribution in [0.2, 0.25) is 10.0 Å². The molecule has 0 heterocycles. The number of para-hydroxylation sites is 1. The number of aryl methyl sites for hydroxylation is 1. The monoisotopic (exact) mass is 595 g/mol. The smallest absolute Gasteiger partial charge is 0.870 e. The third-order valence-corrected chi connectivity index (χ3v) is 7.35. The number of hydrogen-bond donors (Lipinski definition) is 2. The fourth-order valence-corrected chi connectivity index (χ4v) is 5.55. The molecule has 0 aromatic heterocycles. The van der Waals surface area contributed by atoms with Crippen LogP contribution in [-0.2, 0) is 16.5 Å². The van der Waals surface area contributed by atoms with Crippen LogP contribution in [0, 0.1) is 0 Å². The van der Waals surface area contributed by atoms with Gasteiger partial charge < -0.3 is 15.2 Å². The van der Waals surface area contributed by atoms with Crippen molar-refractivity contribution in [1.82, 2.24) is 0 Å². The Morgan fingerprint density at radius 2 is 1.77 bits per heavy atom. The van der Waals surface area contributed by atoms with Gasteiger partial charge >= 0.3 is 29.6 Å². The number of carbonyl (C=O) groups is 1. The summed E-state index contributed by atoms with van der Waals surface area (Å²) in [6, 6.07) is 15.7. The Labute approximate surface area is 256 Å². The van der Waals surface area contributed by atoms with Gasteiger partial charge in [0.05, 0.1) is 34.2 Å². The molecule has 0 saturated heterocycles. The van der Waals surface area contributed by atoms with Crippen LogP contribution in [-0.4, -0.2) is 26.0 Å². The number of methoxy groups -OCH3 is 1. The van der Waals surface area contributed by atoms with Crippen LogP contribution in [0.25, 0.3) is 10.8 Å². The van der Waals surface area contributed by atoms with E-state index in [1.54, 1.807) is 49.4 Å². The van der Waals surface area contributed by atoms with E-state index in [4.69, 9.17) is 27.9 Å². The summed E-state index contributed by atoms with van der Waals surface area (Å²) in [5, 5.41) is 25.4. The van der Waals surface area contributed by atoms with E-state index in [1.165, 1.54) is 25.3 Å². The molecule has 13 heteroatoms. The number of carbonyl (C=O) groups excluding carboxylic acids is 1. The van der Waals surface area contributed by atoms with Crippen molar-refractivity contribution in [2.24, 2.45) is 10.2 Å². The standard InChI is InChI=1S/C26H21Cl2N3O6S.Na/c1-3-14-11-16(13-20(28)25(14)38(34,35)36)30-31-22-17-8-5-4-7-15(17)12-18(23(22)32)26(33)29-21-10-6-9-19(27)24(21)37-2;/h4-13,32H,3H2,1-2H3,(H,29,33)(H,34,35,36);/q;+1/p-1. The fourth-order valence-electron chi connectivity index (χ4n) is 3.93. The van der Waals surface area contributed by atoms with Crippen molar-refractivity contribution in [1.29, 1.82) is 0 Å². The number of anilines is 1. The third kappa shape index (κ3) is 6.55. The van der Waals surface area contributed by atoms with Crippen LogP contribution in [0.4, 0.5) is 17.1 Å². The van der Waals surface area contributed by atoms with Gasteiger partial charge in [0, 0.05) is 10.9 Å². The number of halogens is 2. The van der Waals surface area contributed by atoms with Gasteiger partial charge in [-0.25, -0.2) is 0 Å². The molecule has 196 valence electrons. The number of benzene rings is 4. The van der Waals surface area contributed by atoms with Crippen molar-refractivity contribution >= 4 is 67.1 Å². The number of rotatable bonds is 7. The summed E-state index contributed by atoms with van der Waals surface area (Å²) in [5.41, 5.74) is 0.375. The number of ether oxygens (including phenoxy) is 1. The Kier molecular flexibility index (Phi) is 10.0. The second kappa shape index (κ2) is 12.6. The zero-order valence-electron chi connectivity index (χ0n) is 21.0. The summed E-state index contributed by atoms with van der Waals surface area (Å²) in [6.45, 7) is 1.68. The summed E-state index contributed by atoms with van der Waals surface area (Å²) in [7, 11) is -3.15. The number of nitrogens with zero attached hydrogens (tertiary/aromatic N) is 2. The molecule has 0 bridgehead atoms. The SMILES string of the molecule is CCc1cc(N=Nc2c([O-])c(C(=O)Nc3cccc(Cl)c3OC)cc3ccccc23)cc(Cl)c1S(=O)(=O)O.[Na+]. The average Bonchev–Trinajstić information content (AvgIpc) is 2.86. The second-order valence-electron chi connectivity index (χ2n) is 8.04. The molecule has 0 unspecified atom stereocenters. The number of azo groups is 1. The molecule has 0 aliphatic carbocycles. The largest absolute Gasteiger partial charge is 1.00 e. The first-order valence-electron chi connectivity index (χ1n) is 11.1. The van der Waals surface area contributed by atoms with Crippen LogP contribution in [0.3, 0.4) is 0 Å². The van der Waals surface area contributed by atoms with Crippen molar-refractivity contribution < 1.29 is 57.2 Å². The van der Waals surface area contributed by atoms with Gasteiger partial charge in [0.2, 0.25) is 0 Å². The van der Waals surface area contributed by atoms with E-state index in [0.717, 1.165) is 0 Å². The molecular weight excluding hydrogens is 576 g/mol. The summed E-state index contributed by atoms with van der Waals surface area (Å²) in [6.07, 6.45) is 0.233. The third-order valence-electron chi connectivity index (χ3n) is 5.65. The van der Waals surface area contributed by atoms with Crippen molar-refractivity contribution in [3.05, 3.63) is 81.8 Å². The topological polar surface area (TPSA) is 140 Å². The minimum atomic E-state index is -4.56. The van der Waals surface area contributed by atoms with Gasteiger partial charge in [-0.05, 0) is 47.7 Å². The molecule has 1 amide bonds. The van der Waals surface area contributed by atoms with Crippen LogP contribution < -0.4 is 44.7 Å². The number of amides is 1. The molecule has 9 nitrogen and oxygen atoms in total. The number of hydrogen-bond acceptors (Lipinski definition) is 7. The van der Waals surface area contributed by atoms with Crippen LogP contribution in [0.5, 0.6) is 11.5 Å². The zero-order valence-corrected chi connectivity index (χ0v) is 25.4. The summed E-state index contributed by atoms with van der Waals surface area (Å²) in [4.78, 5) is 12.8. The predicted molar refractivity (Wildman–Crippen MR) is 144 cm³/mol. The predicted octanol–water partition coefficient (Wildman–Crippen LogP) is 3.71. The van der Waals surface area contributed by atoms with E-state index < -0.39 is 26.7 Å². The Bertz CT molecular complexity index is 1710. The molecule has 0 aliphatic rings. The maximum atomic E-state index is 13.4. The quantitative estimate of drug-likeness (QED) is 0.189. The number of nitrogens with one attached hydrogen (secondary N) is 1. The van der Waals surface area contributed by atoms with Crippen molar-refractivity contribution in [2.45, 2.75) is 18.2 Å². The van der Waals surface area contributed by atoms with E-state index in [1.807, 2.05) is 0 Å². The molecule has 0 fully saturated rings. The molecule has 0 saturated carbocycles.